The Bertz CT molecular complexity index is 632. The minimum absolute atomic E-state index is 0.133. The van der Waals surface area contributed by atoms with Gasteiger partial charge in [-0.15, -0.1) is 0 Å². The van der Waals surface area contributed by atoms with Gasteiger partial charge in [0.05, 0.1) is 0 Å². The van der Waals surface area contributed by atoms with E-state index in [0.29, 0.717) is 13.0 Å². The fraction of sp³-hybridized carbons (Fsp3) is 0.571. The van der Waals surface area contributed by atoms with Crippen molar-refractivity contribution in [2.45, 2.75) is 38.6 Å². The number of carboxylic acids is 1. The summed E-state index contributed by atoms with van der Waals surface area (Å²) in [5.74, 6) is -1.10. The predicted octanol–water partition coefficient (Wildman–Crippen LogP) is -0.302. The number of carbonyl (C=O) groups is 2. The maximum Gasteiger partial charge on any atom is 0.331 e. The highest BCUT2D eigenvalue weighted by atomic mass is 16.4. The fourth-order valence-electron chi connectivity index (χ4n) is 1.93. The second-order valence-electron chi connectivity index (χ2n) is 5.03. The van der Waals surface area contributed by atoms with Gasteiger partial charge in [-0.3, -0.25) is 23.5 Å². The molecule has 122 valence electrons. The highest BCUT2D eigenvalue weighted by Gasteiger charge is 2.06. The van der Waals surface area contributed by atoms with Gasteiger partial charge in [0.2, 0.25) is 5.91 Å². The SMILES string of the molecule is Cn1c(=O)ccn(CC(=O)NCCCCCCC(=O)O)c1=O. The van der Waals surface area contributed by atoms with Gasteiger partial charge in [-0.2, -0.15) is 0 Å². The first-order chi connectivity index (χ1) is 10.4. The molecule has 1 heterocycles. The third kappa shape index (κ3) is 5.94. The molecule has 2 N–H and O–H groups in total. The Morgan fingerprint density at radius 2 is 1.86 bits per heavy atom. The molecule has 1 rings (SSSR count). The predicted molar refractivity (Wildman–Crippen MR) is 79.7 cm³/mol. The van der Waals surface area contributed by atoms with Crippen molar-refractivity contribution in [3.8, 4) is 0 Å². The maximum absolute atomic E-state index is 11.7. The lowest BCUT2D eigenvalue weighted by molar-refractivity contribution is -0.137. The first kappa shape index (κ1) is 17.7. The van der Waals surface area contributed by atoms with Gasteiger partial charge < -0.3 is 10.4 Å². The summed E-state index contributed by atoms with van der Waals surface area (Å²) in [7, 11) is 1.36. The largest absolute Gasteiger partial charge is 0.481 e. The van der Waals surface area contributed by atoms with E-state index >= 15 is 0 Å². The summed E-state index contributed by atoms with van der Waals surface area (Å²) in [6.45, 7) is 0.346. The van der Waals surface area contributed by atoms with Gasteiger partial charge >= 0.3 is 11.7 Å². The number of nitrogens with one attached hydrogen (secondary N) is 1. The van der Waals surface area contributed by atoms with Crippen LogP contribution in [0.2, 0.25) is 0 Å². The summed E-state index contributed by atoms with van der Waals surface area (Å²) in [5.41, 5.74) is -0.945. The molecule has 0 aliphatic rings. The molecule has 0 aromatic carbocycles. The van der Waals surface area contributed by atoms with E-state index in [2.05, 4.69) is 5.32 Å². The van der Waals surface area contributed by atoms with Crippen LogP contribution in [-0.4, -0.2) is 32.7 Å². The molecular weight excluding hydrogens is 290 g/mol. The molecule has 1 aromatic rings. The average Bonchev–Trinajstić information content (AvgIpc) is 2.46. The van der Waals surface area contributed by atoms with Crippen LogP contribution < -0.4 is 16.6 Å². The van der Waals surface area contributed by atoms with E-state index in [1.165, 1.54) is 23.9 Å². The normalized spacial score (nSPS) is 10.4. The Kier molecular flexibility index (Phi) is 7.07. The molecule has 1 amide bonds. The highest BCUT2D eigenvalue weighted by Crippen LogP contribution is 2.02. The smallest absolute Gasteiger partial charge is 0.331 e. The molecule has 0 bridgehead atoms. The van der Waals surface area contributed by atoms with Crippen LogP contribution in [0.3, 0.4) is 0 Å². The summed E-state index contributed by atoms with van der Waals surface area (Å²) in [4.78, 5) is 45.0. The molecule has 0 fully saturated rings. The van der Waals surface area contributed by atoms with Crippen molar-refractivity contribution < 1.29 is 14.7 Å². The quantitative estimate of drug-likeness (QED) is 0.608. The lowest BCUT2D eigenvalue weighted by atomic mass is 10.1. The van der Waals surface area contributed by atoms with Crippen LogP contribution in [0.15, 0.2) is 21.9 Å². The van der Waals surface area contributed by atoms with Crippen molar-refractivity contribution in [2.24, 2.45) is 7.05 Å². The second kappa shape index (κ2) is 8.81. The number of rotatable bonds is 9. The maximum atomic E-state index is 11.7. The van der Waals surface area contributed by atoms with Crippen LogP contribution in [0, 0.1) is 0 Å². The average molecular weight is 311 g/mol. The molecule has 0 saturated carbocycles. The summed E-state index contributed by atoms with van der Waals surface area (Å²) >= 11 is 0. The molecule has 8 heteroatoms. The lowest BCUT2D eigenvalue weighted by Crippen LogP contribution is -2.40. The van der Waals surface area contributed by atoms with Gasteiger partial charge in [-0.1, -0.05) is 12.8 Å². The van der Waals surface area contributed by atoms with Gasteiger partial charge in [-0.25, -0.2) is 4.79 Å². The molecule has 0 aliphatic heterocycles. The van der Waals surface area contributed by atoms with E-state index in [9.17, 15) is 19.2 Å². The van der Waals surface area contributed by atoms with E-state index in [1.54, 1.807) is 0 Å². The second-order valence-corrected chi connectivity index (χ2v) is 5.03. The molecule has 8 nitrogen and oxygen atoms in total. The number of carbonyl (C=O) groups excluding carboxylic acids is 1. The third-order valence-electron chi connectivity index (χ3n) is 3.21. The number of aliphatic carboxylic acids is 1. The molecule has 0 spiro atoms. The first-order valence-corrected chi connectivity index (χ1v) is 7.17. The number of hydrogen-bond donors (Lipinski definition) is 2. The van der Waals surface area contributed by atoms with E-state index in [4.69, 9.17) is 5.11 Å². The first-order valence-electron chi connectivity index (χ1n) is 7.17. The zero-order valence-corrected chi connectivity index (χ0v) is 12.6. The summed E-state index contributed by atoms with van der Waals surface area (Å²) in [6, 6.07) is 1.23. The van der Waals surface area contributed by atoms with E-state index < -0.39 is 17.2 Å². The van der Waals surface area contributed by atoms with Gasteiger partial charge in [0, 0.05) is 32.3 Å². The minimum Gasteiger partial charge on any atom is -0.481 e. The zero-order valence-electron chi connectivity index (χ0n) is 12.6. The molecule has 0 saturated heterocycles. The summed E-state index contributed by atoms with van der Waals surface area (Å²) in [5, 5.41) is 11.2. The number of unbranched alkanes of at least 4 members (excludes halogenated alkanes) is 3. The number of carboxylic acid groups (broad SMARTS) is 1. The fourth-order valence-corrected chi connectivity index (χ4v) is 1.93. The molecule has 0 atom stereocenters. The van der Waals surface area contributed by atoms with Gasteiger partial charge in [0.15, 0.2) is 0 Å². The molecule has 0 radical (unpaired) electrons. The standard InChI is InChI=1S/C14H21N3O5/c1-16-12(19)7-9-17(14(16)22)10-11(18)15-8-5-3-2-4-6-13(20)21/h7,9H,2-6,8,10H2,1H3,(H,15,18)(H,20,21). The van der Waals surface area contributed by atoms with Crippen LogP contribution >= 0.6 is 0 Å². The van der Waals surface area contributed by atoms with Crippen LogP contribution in [-0.2, 0) is 23.2 Å². The monoisotopic (exact) mass is 311 g/mol. The van der Waals surface area contributed by atoms with E-state index in [-0.39, 0.29) is 18.9 Å². The van der Waals surface area contributed by atoms with Crippen LogP contribution in [0.5, 0.6) is 0 Å². The van der Waals surface area contributed by atoms with Gasteiger partial charge in [0.25, 0.3) is 5.56 Å². The van der Waals surface area contributed by atoms with Crippen molar-refractivity contribution in [2.75, 3.05) is 6.54 Å². The number of amides is 1. The Morgan fingerprint density at radius 3 is 2.55 bits per heavy atom. The number of nitrogens with zero attached hydrogens (tertiary/aromatic N) is 2. The van der Waals surface area contributed by atoms with Crippen molar-refractivity contribution in [3.63, 3.8) is 0 Å². The van der Waals surface area contributed by atoms with E-state index in [0.717, 1.165) is 23.8 Å². The number of hydrogen-bond acceptors (Lipinski definition) is 4. The number of aromatic nitrogens is 2. The van der Waals surface area contributed by atoms with Gasteiger partial charge in [-0.05, 0) is 12.8 Å². The van der Waals surface area contributed by atoms with Crippen LogP contribution in [0.1, 0.15) is 32.1 Å². The summed E-state index contributed by atoms with van der Waals surface area (Å²) in [6.07, 6.45) is 4.51. The van der Waals surface area contributed by atoms with Crippen LogP contribution in [0.25, 0.3) is 0 Å². The molecule has 1 aromatic heterocycles. The lowest BCUT2D eigenvalue weighted by Gasteiger charge is -2.08. The Balaban J connectivity index is 2.27. The van der Waals surface area contributed by atoms with Crippen molar-refractivity contribution in [1.29, 1.82) is 0 Å². The molecule has 0 unspecified atom stereocenters. The van der Waals surface area contributed by atoms with E-state index in [1.807, 2.05) is 0 Å². The summed E-state index contributed by atoms with van der Waals surface area (Å²) < 4.78 is 2.11. The minimum atomic E-state index is -0.795. The van der Waals surface area contributed by atoms with Crippen molar-refractivity contribution in [3.05, 3.63) is 33.1 Å². The van der Waals surface area contributed by atoms with Gasteiger partial charge in [0.1, 0.15) is 6.54 Å². The molecule has 0 aliphatic carbocycles. The topological polar surface area (TPSA) is 110 Å². The zero-order chi connectivity index (χ0) is 16.5. The Hall–Kier alpha value is -2.38. The Morgan fingerprint density at radius 1 is 1.18 bits per heavy atom. The molecular formula is C14H21N3O5. The molecule has 22 heavy (non-hydrogen) atoms. The third-order valence-corrected chi connectivity index (χ3v) is 3.21. The van der Waals surface area contributed by atoms with Crippen LogP contribution in [0.4, 0.5) is 0 Å². The van der Waals surface area contributed by atoms with Crippen molar-refractivity contribution in [1.82, 2.24) is 14.5 Å². The highest BCUT2D eigenvalue weighted by molar-refractivity contribution is 5.75. The van der Waals surface area contributed by atoms with Crippen molar-refractivity contribution >= 4 is 11.9 Å². The Labute approximate surface area is 127 Å².